The zero-order valence-corrected chi connectivity index (χ0v) is 14.9. The van der Waals surface area contributed by atoms with Gasteiger partial charge in [-0.25, -0.2) is 9.59 Å². The van der Waals surface area contributed by atoms with Gasteiger partial charge in [-0.1, -0.05) is 58.5 Å². The van der Waals surface area contributed by atoms with Crippen LogP contribution in [0.3, 0.4) is 0 Å². The quantitative estimate of drug-likeness (QED) is 0.600. The molecule has 1 atom stereocenters. The van der Waals surface area contributed by atoms with E-state index in [1.807, 2.05) is 0 Å². The fraction of sp³-hybridized carbons (Fsp3) is 0.286. The van der Waals surface area contributed by atoms with E-state index in [0.717, 1.165) is 0 Å². The maximum absolute atomic E-state index is 12.3. The van der Waals surface area contributed by atoms with Gasteiger partial charge in [0.1, 0.15) is 6.61 Å². The molecule has 1 heterocycles. The Hall–Kier alpha value is -1.14. The van der Waals surface area contributed by atoms with Crippen molar-refractivity contribution in [2.24, 2.45) is 0 Å². The molecule has 0 unspecified atom stereocenters. The number of ether oxygens (including phenoxy) is 1. The van der Waals surface area contributed by atoms with Crippen LogP contribution in [0.1, 0.15) is 18.5 Å². The van der Waals surface area contributed by atoms with Crippen LogP contribution >= 0.6 is 46.4 Å². The van der Waals surface area contributed by atoms with Crippen molar-refractivity contribution < 1.29 is 14.3 Å². The van der Waals surface area contributed by atoms with Crippen molar-refractivity contribution in [2.45, 2.75) is 16.8 Å². The van der Waals surface area contributed by atoms with Crippen molar-refractivity contribution in [1.82, 2.24) is 10.6 Å². The number of nitrogens with one attached hydrogen (secondary N) is 2. The molecule has 0 saturated carbocycles. The first-order valence-corrected chi connectivity index (χ1v) is 7.96. The molecule has 1 aromatic rings. The van der Waals surface area contributed by atoms with Gasteiger partial charge in [-0.05, 0) is 24.6 Å². The number of hydrogen-bond acceptors (Lipinski definition) is 3. The minimum atomic E-state index is -1.72. The van der Waals surface area contributed by atoms with Gasteiger partial charge in [-0.15, -0.1) is 0 Å². The molecule has 2 rings (SSSR count). The summed E-state index contributed by atoms with van der Waals surface area (Å²) in [5, 5.41) is 5.72. The van der Waals surface area contributed by atoms with Crippen LogP contribution in [0, 0.1) is 0 Å². The Morgan fingerprint density at radius 3 is 2.43 bits per heavy atom. The smallest absolute Gasteiger partial charge is 0.338 e. The Morgan fingerprint density at radius 1 is 1.26 bits per heavy atom. The number of alkyl halides is 3. The molecule has 9 heteroatoms. The Bertz CT molecular complexity index is 653. The van der Waals surface area contributed by atoms with Crippen LogP contribution < -0.4 is 10.6 Å². The number of hydrogen-bond donors (Lipinski definition) is 2. The number of amides is 2. The van der Waals surface area contributed by atoms with Crippen LogP contribution in [0.25, 0.3) is 0 Å². The summed E-state index contributed by atoms with van der Waals surface area (Å²) in [5.74, 6) is -0.693. The molecule has 0 bridgehead atoms. The van der Waals surface area contributed by atoms with Gasteiger partial charge in [0.25, 0.3) is 0 Å². The van der Waals surface area contributed by atoms with Gasteiger partial charge < -0.3 is 15.4 Å². The molecule has 23 heavy (non-hydrogen) atoms. The predicted octanol–water partition coefficient (Wildman–Crippen LogP) is 3.88. The van der Waals surface area contributed by atoms with E-state index in [4.69, 9.17) is 51.1 Å². The van der Waals surface area contributed by atoms with Crippen molar-refractivity contribution >= 4 is 58.4 Å². The second kappa shape index (κ2) is 7.18. The van der Waals surface area contributed by atoms with Gasteiger partial charge in [-0.3, -0.25) is 0 Å². The molecule has 2 N–H and O–H groups in total. The van der Waals surface area contributed by atoms with Gasteiger partial charge in [0, 0.05) is 10.7 Å². The first-order chi connectivity index (χ1) is 10.7. The fourth-order valence-corrected chi connectivity index (χ4v) is 2.38. The minimum Gasteiger partial charge on any atom is -0.458 e. The molecular weight excluding hydrogens is 386 g/mol. The van der Waals surface area contributed by atoms with Crippen LogP contribution in [0.5, 0.6) is 0 Å². The Balaban J connectivity index is 2.31. The first-order valence-electron chi connectivity index (χ1n) is 6.45. The summed E-state index contributed by atoms with van der Waals surface area (Å²) in [5.41, 5.74) is 1.26. The van der Waals surface area contributed by atoms with E-state index in [2.05, 4.69) is 10.6 Å². The van der Waals surface area contributed by atoms with Crippen molar-refractivity contribution in [1.29, 1.82) is 0 Å². The average molecular weight is 398 g/mol. The summed E-state index contributed by atoms with van der Waals surface area (Å²) in [7, 11) is 0. The molecule has 1 aliphatic heterocycles. The fourth-order valence-electron chi connectivity index (χ4n) is 2.09. The molecular formula is C14H12Cl4N2O3. The Morgan fingerprint density at radius 2 is 1.87 bits per heavy atom. The lowest BCUT2D eigenvalue weighted by Crippen LogP contribution is -2.45. The third kappa shape index (κ3) is 4.91. The molecule has 1 aromatic carbocycles. The number of benzene rings is 1. The maximum Gasteiger partial charge on any atom is 0.338 e. The monoisotopic (exact) mass is 396 g/mol. The maximum atomic E-state index is 12.3. The van der Waals surface area contributed by atoms with Crippen LogP contribution in [0.2, 0.25) is 5.02 Å². The standard InChI is InChI=1S/C14H12Cl4N2O3/c1-7-10(12(21)23-6-14(16,17)18)11(20-13(22)19-7)8-2-4-9(15)5-3-8/h2-5,11H,6H2,1H3,(H2,19,20,22)/t11-/m1/s1. The van der Waals surface area contributed by atoms with Crippen molar-refractivity contribution in [2.75, 3.05) is 6.61 Å². The normalized spacial score (nSPS) is 18.3. The van der Waals surface area contributed by atoms with Crippen molar-refractivity contribution in [3.05, 3.63) is 46.1 Å². The van der Waals surface area contributed by atoms with Crippen molar-refractivity contribution in [3.8, 4) is 0 Å². The van der Waals surface area contributed by atoms with E-state index in [1.165, 1.54) is 0 Å². The van der Waals surface area contributed by atoms with Gasteiger partial charge >= 0.3 is 12.0 Å². The lowest BCUT2D eigenvalue weighted by atomic mass is 9.96. The SMILES string of the molecule is CC1=C(C(=O)OCC(Cl)(Cl)Cl)[C@@H](c2ccc(Cl)cc2)NC(=O)N1. The molecule has 1 aliphatic rings. The number of esters is 1. The zero-order chi connectivity index (χ0) is 17.2. The van der Waals surface area contributed by atoms with Crippen LogP contribution in [-0.4, -0.2) is 22.4 Å². The molecule has 2 amide bonds. The molecule has 0 aliphatic carbocycles. The predicted molar refractivity (Wildman–Crippen MR) is 89.8 cm³/mol. The molecule has 0 spiro atoms. The topological polar surface area (TPSA) is 67.4 Å². The summed E-state index contributed by atoms with van der Waals surface area (Å²) < 4.78 is 3.30. The highest BCUT2D eigenvalue weighted by Gasteiger charge is 2.33. The Labute approximate surface area is 152 Å². The second-order valence-electron chi connectivity index (χ2n) is 4.81. The third-order valence-corrected chi connectivity index (χ3v) is 3.64. The molecule has 5 nitrogen and oxygen atoms in total. The third-order valence-electron chi connectivity index (χ3n) is 3.06. The summed E-state index contributed by atoms with van der Waals surface area (Å²) in [6.45, 7) is 1.18. The van der Waals surface area contributed by atoms with Crippen LogP contribution in [-0.2, 0) is 9.53 Å². The van der Waals surface area contributed by atoms with E-state index >= 15 is 0 Å². The van der Waals surface area contributed by atoms with Gasteiger partial charge in [0.2, 0.25) is 3.79 Å². The number of halogens is 4. The van der Waals surface area contributed by atoms with Crippen LogP contribution in [0.15, 0.2) is 35.5 Å². The van der Waals surface area contributed by atoms with E-state index in [0.29, 0.717) is 16.3 Å². The van der Waals surface area contributed by atoms with E-state index in [9.17, 15) is 9.59 Å². The lowest BCUT2D eigenvalue weighted by Gasteiger charge is -2.28. The second-order valence-corrected chi connectivity index (χ2v) is 7.77. The van der Waals surface area contributed by atoms with E-state index in [1.54, 1.807) is 31.2 Å². The zero-order valence-electron chi connectivity index (χ0n) is 11.8. The number of carbonyl (C=O) groups is 2. The molecule has 124 valence electrons. The number of carbonyl (C=O) groups excluding carboxylic acids is 2. The van der Waals surface area contributed by atoms with E-state index in [-0.39, 0.29) is 5.57 Å². The van der Waals surface area contributed by atoms with Crippen LogP contribution in [0.4, 0.5) is 4.79 Å². The van der Waals surface area contributed by atoms with Gasteiger partial charge in [-0.2, -0.15) is 0 Å². The summed E-state index contributed by atoms with van der Waals surface area (Å²) >= 11 is 22.6. The summed E-state index contributed by atoms with van der Waals surface area (Å²) in [4.78, 5) is 24.1. The molecule has 0 fully saturated rings. The lowest BCUT2D eigenvalue weighted by molar-refractivity contribution is -0.139. The largest absolute Gasteiger partial charge is 0.458 e. The van der Waals surface area contributed by atoms with Gasteiger partial charge in [0.15, 0.2) is 0 Å². The summed E-state index contributed by atoms with van der Waals surface area (Å²) in [6, 6.07) is 5.60. The first kappa shape index (κ1) is 18.2. The number of allylic oxidation sites excluding steroid dienone is 1. The highest BCUT2D eigenvalue weighted by molar-refractivity contribution is 6.67. The highest BCUT2D eigenvalue weighted by Crippen LogP contribution is 2.30. The highest BCUT2D eigenvalue weighted by atomic mass is 35.6. The number of urea groups is 1. The molecule has 0 saturated heterocycles. The number of rotatable bonds is 3. The van der Waals surface area contributed by atoms with Gasteiger partial charge in [0.05, 0.1) is 11.6 Å². The molecule has 0 aromatic heterocycles. The Kier molecular flexibility index (Phi) is 5.68. The minimum absolute atomic E-state index is 0.223. The average Bonchev–Trinajstić information content (AvgIpc) is 2.44. The van der Waals surface area contributed by atoms with Crippen molar-refractivity contribution in [3.63, 3.8) is 0 Å². The molecule has 0 radical (unpaired) electrons. The van der Waals surface area contributed by atoms with E-state index < -0.39 is 28.4 Å². The summed E-state index contributed by atoms with van der Waals surface area (Å²) in [6.07, 6.45) is 0.